The second-order valence-corrected chi connectivity index (χ2v) is 5.40. The maximum Gasteiger partial charge on any atom is 0.352 e. The quantitative estimate of drug-likeness (QED) is 0.786. The zero-order valence-corrected chi connectivity index (χ0v) is 13.7. The van der Waals surface area contributed by atoms with E-state index in [1.807, 2.05) is 18.2 Å². The van der Waals surface area contributed by atoms with Crippen molar-refractivity contribution in [3.63, 3.8) is 0 Å². The van der Waals surface area contributed by atoms with Gasteiger partial charge in [0.05, 0.1) is 0 Å². The average Bonchev–Trinajstić information content (AvgIpc) is 2.53. The second-order valence-electron chi connectivity index (χ2n) is 5.00. The first kappa shape index (κ1) is 17.6. The molecule has 0 heterocycles. The third-order valence-corrected chi connectivity index (χ3v) is 3.43. The van der Waals surface area contributed by atoms with Crippen LogP contribution in [0.1, 0.15) is 18.1 Å². The highest BCUT2D eigenvalue weighted by molar-refractivity contribution is 6.31. The van der Waals surface area contributed by atoms with Crippen molar-refractivity contribution in [2.24, 2.45) is 0 Å². The van der Waals surface area contributed by atoms with Gasteiger partial charge in [0.15, 0.2) is 0 Å². The largest absolute Gasteiger partial charge is 0.489 e. The first-order valence-electron chi connectivity index (χ1n) is 7.14. The fourth-order valence-electron chi connectivity index (χ4n) is 1.98. The molecule has 5 nitrogen and oxygen atoms in total. The summed E-state index contributed by atoms with van der Waals surface area (Å²) >= 11 is 6.08. The zero-order valence-electron chi connectivity index (χ0n) is 13.0. The summed E-state index contributed by atoms with van der Waals surface area (Å²) in [5.74, 6) is -1.10. The number of carboxylic acids is 1. The average molecular weight is 346 g/mol. The van der Waals surface area contributed by atoms with Crippen molar-refractivity contribution < 1.29 is 19.4 Å². The molecule has 24 heavy (non-hydrogen) atoms. The predicted octanol–water partition coefficient (Wildman–Crippen LogP) is 3.48. The summed E-state index contributed by atoms with van der Waals surface area (Å²) < 4.78 is 5.69. The Morgan fingerprint density at radius 2 is 1.96 bits per heavy atom. The molecule has 1 amide bonds. The molecule has 0 aliphatic rings. The summed E-state index contributed by atoms with van der Waals surface area (Å²) in [4.78, 5) is 22.2. The highest BCUT2D eigenvalue weighted by atomic mass is 35.5. The lowest BCUT2D eigenvalue weighted by Crippen LogP contribution is -2.24. The minimum Gasteiger partial charge on any atom is -0.489 e. The van der Waals surface area contributed by atoms with E-state index in [0.717, 1.165) is 5.56 Å². The molecule has 0 aliphatic heterocycles. The number of ether oxygens (including phenoxy) is 1. The van der Waals surface area contributed by atoms with Gasteiger partial charge in [-0.1, -0.05) is 41.9 Å². The van der Waals surface area contributed by atoms with E-state index < -0.39 is 11.9 Å². The lowest BCUT2D eigenvalue weighted by Gasteiger charge is -2.09. The van der Waals surface area contributed by atoms with Crippen molar-refractivity contribution in [1.82, 2.24) is 5.32 Å². The van der Waals surface area contributed by atoms with Gasteiger partial charge in [-0.2, -0.15) is 0 Å². The van der Waals surface area contributed by atoms with Crippen LogP contribution in [-0.4, -0.2) is 17.0 Å². The SMILES string of the molecule is CC(=O)NC(=Cc1cccc(OCc2ccccc2Cl)c1)C(=O)O. The highest BCUT2D eigenvalue weighted by Crippen LogP contribution is 2.20. The smallest absolute Gasteiger partial charge is 0.352 e. The van der Waals surface area contributed by atoms with Crippen LogP contribution in [0.25, 0.3) is 6.08 Å². The molecule has 0 saturated heterocycles. The van der Waals surface area contributed by atoms with Gasteiger partial charge in [0, 0.05) is 17.5 Å². The summed E-state index contributed by atoms with van der Waals surface area (Å²) in [5.41, 5.74) is 1.24. The number of hydrogen-bond donors (Lipinski definition) is 2. The van der Waals surface area contributed by atoms with Crippen LogP contribution in [-0.2, 0) is 16.2 Å². The van der Waals surface area contributed by atoms with E-state index in [2.05, 4.69) is 5.32 Å². The van der Waals surface area contributed by atoms with Crippen LogP contribution in [0.15, 0.2) is 54.2 Å². The van der Waals surface area contributed by atoms with E-state index in [4.69, 9.17) is 21.4 Å². The van der Waals surface area contributed by atoms with E-state index in [9.17, 15) is 9.59 Å². The first-order valence-corrected chi connectivity index (χ1v) is 7.52. The van der Waals surface area contributed by atoms with Gasteiger partial charge in [-0.25, -0.2) is 4.79 Å². The molecule has 2 N–H and O–H groups in total. The van der Waals surface area contributed by atoms with Gasteiger partial charge < -0.3 is 15.2 Å². The van der Waals surface area contributed by atoms with E-state index >= 15 is 0 Å². The molecule has 0 aromatic heterocycles. The van der Waals surface area contributed by atoms with Gasteiger partial charge in [-0.3, -0.25) is 4.79 Å². The second kappa shape index (κ2) is 8.17. The minimum absolute atomic E-state index is 0.203. The third-order valence-electron chi connectivity index (χ3n) is 3.06. The van der Waals surface area contributed by atoms with Gasteiger partial charge in [0.1, 0.15) is 18.1 Å². The molecule has 0 fully saturated rings. The summed E-state index contributed by atoms with van der Waals surface area (Å²) in [6.45, 7) is 1.55. The topological polar surface area (TPSA) is 75.6 Å². The Labute approximate surface area is 144 Å². The maximum atomic E-state index is 11.1. The Morgan fingerprint density at radius 1 is 1.21 bits per heavy atom. The third kappa shape index (κ3) is 5.14. The van der Waals surface area contributed by atoms with Crippen molar-refractivity contribution in [3.05, 3.63) is 70.4 Å². The van der Waals surface area contributed by atoms with Crippen LogP contribution in [0, 0.1) is 0 Å². The molecule has 0 radical (unpaired) electrons. The summed E-state index contributed by atoms with van der Waals surface area (Å²) in [6, 6.07) is 14.3. The lowest BCUT2D eigenvalue weighted by molar-refractivity contribution is -0.134. The molecule has 6 heteroatoms. The summed E-state index contributed by atoms with van der Waals surface area (Å²) in [5, 5.41) is 12.0. The fourth-order valence-corrected chi connectivity index (χ4v) is 2.17. The van der Waals surface area contributed by atoms with Crippen LogP contribution in [0.4, 0.5) is 0 Å². The van der Waals surface area contributed by atoms with Crippen LogP contribution in [0.3, 0.4) is 0 Å². The number of carbonyl (C=O) groups is 2. The molecule has 2 aromatic carbocycles. The number of aliphatic carboxylic acids is 1. The number of nitrogens with one attached hydrogen (secondary N) is 1. The molecule has 2 aromatic rings. The van der Waals surface area contributed by atoms with Crippen LogP contribution in [0.2, 0.25) is 5.02 Å². The van der Waals surface area contributed by atoms with Crippen molar-refractivity contribution in [2.45, 2.75) is 13.5 Å². The molecular formula is C18H16ClNO4. The molecule has 0 saturated carbocycles. The minimum atomic E-state index is -1.22. The van der Waals surface area contributed by atoms with Crippen LogP contribution < -0.4 is 10.1 Å². The van der Waals surface area contributed by atoms with Crippen molar-refractivity contribution in [1.29, 1.82) is 0 Å². The molecule has 0 unspecified atom stereocenters. The molecule has 0 bridgehead atoms. The van der Waals surface area contributed by atoms with Gasteiger partial charge in [-0.05, 0) is 29.8 Å². The Hall–Kier alpha value is -2.79. The number of benzene rings is 2. The summed E-state index contributed by atoms with van der Waals surface area (Å²) in [6.07, 6.45) is 1.37. The zero-order chi connectivity index (χ0) is 17.5. The molecular weight excluding hydrogens is 330 g/mol. The maximum absolute atomic E-state index is 11.1. The van der Waals surface area contributed by atoms with Gasteiger partial charge in [-0.15, -0.1) is 0 Å². The Morgan fingerprint density at radius 3 is 2.62 bits per heavy atom. The Bertz CT molecular complexity index is 786. The summed E-state index contributed by atoms with van der Waals surface area (Å²) in [7, 11) is 0. The fraction of sp³-hybridized carbons (Fsp3) is 0.111. The van der Waals surface area contributed by atoms with Gasteiger partial charge in [0.25, 0.3) is 0 Å². The molecule has 0 spiro atoms. The molecule has 0 aliphatic carbocycles. The van der Waals surface area contributed by atoms with E-state index in [1.54, 1.807) is 30.3 Å². The number of carbonyl (C=O) groups excluding carboxylic acids is 1. The Kier molecular flexibility index (Phi) is 5.98. The number of amides is 1. The highest BCUT2D eigenvalue weighted by Gasteiger charge is 2.09. The lowest BCUT2D eigenvalue weighted by atomic mass is 10.1. The number of carboxylic acid groups (broad SMARTS) is 1. The van der Waals surface area contributed by atoms with Crippen LogP contribution in [0.5, 0.6) is 5.75 Å². The molecule has 0 atom stereocenters. The van der Waals surface area contributed by atoms with Crippen molar-refractivity contribution in [3.8, 4) is 5.75 Å². The monoisotopic (exact) mass is 345 g/mol. The van der Waals surface area contributed by atoms with E-state index in [-0.39, 0.29) is 5.70 Å². The van der Waals surface area contributed by atoms with Crippen molar-refractivity contribution in [2.75, 3.05) is 0 Å². The van der Waals surface area contributed by atoms with E-state index in [1.165, 1.54) is 13.0 Å². The number of halogens is 1. The number of hydrogen-bond acceptors (Lipinski definition) is 3. The number of rotatable bonds is 6. The van der Waals surface area contributed by atoms with E-state index in [0.29, 0.717) is 22.9 Å². The van der Waals surface area contributed by atoms with Crippen molar-refractivity contribution >= 4 is 29.6 Å². The molecule has 2 rings (SSSR count). The Balaban J connectivity index is 2.15. The first-order chi connectivity index (χ1) is 11.5. The van der Waals surface area contributed by atoms with Gasteiger partial charge in [0.2, 0.25) is 5.91 Å². The molecule has 124 valence electrons. The van der Waals surface area contributed by atoms with Gasteiger partial charge >= 0.3 is 5.97 Å². The normalized spacial score (nSPS) is 11.0. The predicted molar refractivity (Wildman–Crippen MR) is 91.7 cm³/mol. The van der Waals surface area contributed by atoms with Crippen LogP contribution >= 0.6 is 11.6 Å². The standard InChI is InChI=1S/C18H16ClNO4/c1-12(21)20-17(18(22)23)10-13-5-4-7-15(9-13)24-11-14-6-2-3-8-16(14)19/h2-10H,11H2,1H3,(H,20,21)(H,22,23).